The van der Waals surface area contributed by atoms with Crippen molar-refractivity contribution in [3.05, 3.63) is 181 Å². The van der Waals surface area contributed by atoms with Crippen molar-refractivity contribution in [3.63, 3.8) is 0 Å². The first-order valence-corrected chi connectivity index (χ1v) is 19.4. The Morgan fingerprint density at radius 2 is 1.07 bits per heavy atom. The van der Waals surface area contributed by atoms with E-state index >= 15 is 0 Å². The third kappa shape index (κ3) is 12.6. The van der Waals surface area contributed by atoms with Crippen LogP contribution in [0, 0.1) is 22.9 Å². The van der Waals surface area contributed by atoms with Gasteiger partial charge in [-0.3, -0.25) is 40.7 Å². The molecule has 12 heterocycles. The molecule has 12 rings (SSSR count). The number of nitrogens with zero attached hydrogens (tertiary/aromatic N) is 20. The van der Waals surface area contributed by atoms with Crippen molar-refractivity contribution in [1.82, 2.24) is 125 Å². The highest BCUT2D eigenvalue weighted by atomic mass is 19.4. The van der Waals surface area contributed by atoms with Crippen LogP contribution in [0.1, 0.15) is 11.3 Å². The van der Waals surface area contributed by atoms with Crippen molar-refractivity contribution in [2.45, 2.75) is 13.1 Å². The van der Waals surface area contributed by atoms with Crippen LogP contribution in [0.5, 0.6) is 0 Å². The summed E-state index contributed by atoms with van der Waals surface area (Å²) in [7, 11) is 0. The molecule has 32 heteroatoms. The molecule has 0 atom stereocenters. The van der Waals surface area contributed by atoms with Gasteiger partial charge in [0.2, 0.25) is 5.82 Å². The summed E-state index contributed by atoms with van der Waals surface area (Å²) in [4.78, 5) is 13.8. The summed E-state index contributed by atoms with van der Waals surface area (Å²) >= 11 is 0. The number of aromatic amines is 6. The van der Waals surface area contributed by atoms with Crippen molar-refractivity contribution >= 4 is 5.69 Å². The van der Waals surface area contributed by atoms with Gasteiger partial charge in [0, 0.05) is 85.7 Å². The van der Waals surface area contributed by atoms with Crippen LogP contribution < -0.4 is 0 Å². The fourth-order valence-corrected chi connectivity index (χ4v) is 5.25. The molecule has 12 aromatic heterocycles. The van der Waals surface area contributed by atoms with Gasteiger partial charge in [0.05, 0.1) is 29.7 Å². The molecule has 0 aliphatic rings. The predicted octanol–water partition coefficient (Wildman–Crippen LogP) is 4.34. The average molecular weight is 951 g/mol. The molecule has 28 nitrogen and oxygen atoms in total. The lowest BCUT2D eigenvalue weighted by atomic mass is 10.4. The monoisotopic (exact) mass is 950 g/mol. The van der Waals surface area contributed by atoms with Crippen molar-refractivity contribution < 1.29 is 22.5 Å². The summed E-state index contributed by atoms with van der Waals surface area (Å²) in [5, 5.41) is 71.2. The zero-order valence-corrected chi connectivity index (χ0v) is 35.2. The van der Waals surface area contributed by atoms with Crippen LogP contribution in [-0.4, -0.2) is 130 Å². The maximum Gasteiger partial charge on any atom is 0.432 e. The minimum Gasteiger partial charge on any atom is -0.271 e. The Kier molecular flexibility index (Phi) is 15.2. The van der Waals surface area contributed by atoms with Crippen molar-refractivity contribution in [2.75, 3.05) is 0 Å². The van der Waals surface area contributed by atoms with Gasteiger partial charge in [0.15, 0.2) is 29.1 Å². The van der Waals surface area contributed by atoms with Crippen molar-refractivity contribution in [3.8, 4) is 34.9 Å². The van der Waals surface area contributed by atoms with Crippen LogP contribution in [0.15, 0.2) is 154 Å². The quantitative estimate of drug-likeness (QED) is 0.0735. The van der Waals surface area contributed by atoms with Crippen LogP contribution in [0.3, 0.4) is 0 Å². The maximum absolute atomic E-state index is 12.8. The second-order valence-corrected chi connectivity index (χ2v) is 12.9. The fraction of sp³-hybridized carbons (Fsp3) is 0.0541. The topological polar surface area (TPSA) is 335 Å². The normalized spacial score (nSPS) is 10.5. The lowest BCUT2D eigenvalue weighted by Crippen LogP contribution is -2.04. The van der Waals surface area contributed by atoms with Crippen LogP contribution in [-0.2, 0) is 6.18 Å². The van der Waals surface area contributed by atoms with Crippen molar-refractivity contribution in [2.24, 2.45) is 0 Å². The first-order valence-electron chi connectivity index (χ1n) is 19.4. The van der Waals surface area contributed by atoms with Gasteiger partial charge < -0.3 is 0 Å². The van der Waals surface area contributed by atoms with Gasteiger partial charge in [-0.2, -0.15) is 74.4 Å². The van der Waals surface area contributed by atoms with Crippen LogP contribution in [0.2, 0.25) is 0 Å². The molecule has 0 aliphatic carbocycles. The van der Waals surface area contributed by atoms with Crippen LogP contribution in [0.25, 0.3) is 34.9 Å². The molecule has 6 N–H and O–H groups in total. The Labute approximate surface area is 381 Å². The van der Waals surface area contributed by atoms with E-state index in [1.165, 1.54) is 39.0 Å². The van der Waals surface area contributed by atoms with E-state index in [0.717, 1.165) is 41.5 Å². The van der Waals surface area contributed by atoms with E-state index in [0.29, 0.717) is 0 Å². The molecule has 0 bridgehead atoms. The Hall–Kier alpha value is -10.4. The number of H-pyrrole nitrogens is 6. The molecule has 0 radical (unpaired) electrons. The van der Waals surface area contributed by atoms with Crippen molar-refractivity contribution in [1.29, 1.82) is 0 Å². The second-order valence-electron chi connectivity index (χ2n) is 12.9. The summed E-state index contributed by atoms with van der Waals surface area (Å²) in [6.07, 6.45) is 22.6. The standard InChI is InChI=1S/C7H5F3N4.C7H8N4.C6H5FN4.C6H5N5O2.C6H6N4.C5H5N5/c8-7(9,10)5-4-6(13-12-5)14-3-1-2-11-14;1-6-5-8-10-7(6)11-4-2-3-9-11;7-5-4-8-10-6(5)11-3-1-2-9-11;12-11(13)5-4-7-9-6(5)10-3-1-2-8-10;1-3-8-10(5-1)6-2-4-7-9-6;1-2-7-9-5(1)10-4-6-3-8-10/h1-4H,(H,12,13);2-5H,1H3,(H,8,10);1-4H,(H,8,10);1-4H,(H,7,9);1-5H,(H,7,9);1-4H,(H,7,9). The van der Waals surface area contributed by atoms with E-state index in [1.54, 1.807) is 88.1 Å². The minimum absolute atomic E-state index is 0.0938. The molecular formula is C37H34F4N26O2. The fourth-order valence-electron chi connectivity index (χ4n) is 5.25. The highest BCUT2D eigenvalue weighted by molar-refractivity contribution is 5.43. The summed E-state index contributed by atoms with van der Waals surface area (Å²) in [6.45, 7) is 1.99. The van der Waals surface area contributed by atoms with E-state index in [1.807, 2.05) is 48.7 Å². The van der Waals surface area contributed by atoms with E-state index in [2.05, 4.69) is 91.7 Å². The summed E-state index contributed by atoms with van der Waals surface area (Å²) in [5.41, 5.74) is 0.111. The molecule has 12 aromatic rings. The first kappa shape index (κ1) is 46.6. The zero-order valence-electron chi connectivity index (χ0n) is 35.2. The van der Waals surface area contributed by atoms with E-state index in [9.17, 15) is 27.7 Å². The summed E-state index contributed by atoms with van der Waals surface area (Å²) < 4.78 is 58.2. The molecular weight excluding hydrogens is 917 g/mol. The second kappa shape index (κ2) is 22.5. The van der Waals surface area contributed by atoms with Gasteiger partial charge in [0.1, 0.15) is 30.4 Å². The van der Waals surface area contributed by atoms with Gasteiger partial charge in [-0.15, -0.1) is 0 Å². The number of nitro groups is 1. The molecule has 0 aliphatic heterocycles. The highest BCUT2D eigenvalue weighted by Crippen LogP contribution is 2.28. The maximum atomic E-state index is 12.8. The molecule has 0 amide bonds. The highest BCUT2D eigenvalue weighted by Gasteiger charge is 2.33. The number of nitrogens with one attached hydrogen (secondary N) is 6. The zero-order chi connectivity index (χ0) is 48.4. The SMILES string of the molecule is Cc1cn[nH]c1-n1cccn1.FC(F)(F)c1cc(-n2cccn2)n[nH]1.Fc1cn[nH]c1-n1cccn1.O=[N+]([O-])c1cn[nH]c1-n1cccn1.c1cc(-n2cncn2)[nH]n1.c1cnn(-c2ccn[nH]2)c1. The lowest BCUT2D eigenvalue weighted by Gasteiger charge is -1.99. The largest absolute Gasteiger partial charge is 0.432 e. The Balaban J connectivity index is 0.000000123. The van der Waals surface area contributed by atoms with Gasteiger partial charge >= 0.3 is 11.9 Å². The summed E-state index contributed by atoms with van der Waals surface area (Å²) in [5.74, 6) is 2.85. The number of halogens is 4. The molecule has 0 saturated heterocycles. The van der Waals surface area contributed by atoms with Gasteiger partial charge in [-0.25, -0.2) is 37.5 Å². The third-order valence-corrected chi connectivity index (χ3v) is 8.37. The van der Waals surface area contributed by atoms with E-state index in [-0.39, 0.29) is 23.1 Å². The Bertz CT molecular complexity index is 3000. The Morgan fingerprint density at radius 3 is 1.52 bits per heavy atom. The number of hydrogen-bond donors (Lipinski definition) is 6. The van der Waals surface area contributed by atoms with E-state index in [4.69, 9.17) is 0 Å². The molecule has 69 heavy (non-hydrogen) atoms. The van der Waals surface area contributed by atoms with E-state index < -0.39 is 22.6 Å². The number of aryl methyl sites for hydroxylation is 1. The minimum atomic E-state index is -4.40. The molecule has 0 fully saturated rings. The number of rotatable bonds is 7. The van der Waals surface area contributed by atoms with Gasteiger partial charge in [0.25, 0.3) is 0 Å². The van der Waals surface area contributed by atoms with Gasteiger partial charge in [-0.05, 0) is 37.3 Å². The molecule has 0 spiro atoms. The summed E-state index contributed by atoms with van der Waals surface area (Å²) in [6, 6.07) is 13.3. The van der Waals surface area contributed by atoms with Crippen LogP contribution in [0.4, 0.5) is 23.2 Å². The first-order chi connectivity index (χ1) is 33.5. The number of aromatic nitrogens is 25. The lowest BCUT2D eigenvalue weighted by molar-refractivity contribution is -0.384. The smallest absolute Gasteiger partial charge is 0.271 e. The average Bonchev–Trinajstić information content (AvgIpc) is 4.17. The molecule has 0 unspecified atom stereocenters. The number of hydrogen-bond acceptors (Lipinski definition) is 15. The van der Waals surface area contributed by atoms with Crippen LogP contribution >= 0.6 is 0 Å². The predicted molar refractivity (Wildman–Crippen MR) is 228 cm³/mol. The third-order valence-electron chi connectivity index (χ3n) is 8.37. The number of alkyl halides is 3. The van der Waals surface area contributed by atoms with Gasteiger partial charge in [-0.1, -0.05) is 0 Å². The Morgan fingerprint density at radius 1 is 0.565 bits per heavy atom. The molecule has 0 saturated carbocycles. The molecule has 0 aromatic carbocycles. The molecule has 352 valence electrons.